The van der Waals surface area contributed by atoms with Gasteiger partial charge in [-0.25, -0.2) is 0 Å². The van der Waals surface area contributed by atoms with Gasteiger partial charge in [-0.15, -0.1) is 11.8 Å². The number of hydrogen-bond acceptors (Lipinski definition) is 2. The Bertz CT molecular complexity index is 346. The van der Waals surface area contributed by atoms with Gasteiger partial charge in [0, 0.05) is 16.6 Å². The summed E-state index contributed by atoms with van der Waals surface area (Å²) in [6.07, 6.45) is 3.69. The summed E-state index contributed by atoms with van der Waals surface area (Å²) in [6.45, 7) is 2.26. The summed E-state index contributed by atoms with van der Waals surface area (Å²) in [7, 11) is 0. The molecular weight excluding hydrogens is 192 g/mol. The minimum absolute atomic E-state index is 0.640. The SMILES string of the molecule is CC1Cc2cc(CCC=O)ccc2S1. The molecule has 1 nitrogen and oxygen atoms in total. The van der Waals surface area contributed by atoms with Crippen LogP contribution >= 0.6 is 11.8 Å². The molecule has 0 aromatic heterocycles. The van der Waals surface area contributed by atoms with Crippen molar-refractivity contribution in [3.8, 4) is 0 Å². The fraction of sp³-hybridized carbons (Fsp3) is 0.417. The molecule has 1 aromatic carbocycles. The van der Waals surface area contributed by atoms with Crippen LogP contribution in [0.5, 0.6) is 0 Å². The van der Waals surface area contributed by atoms with E-state index in [1.54, 1.807) is 0 Å². The minimum Gasteiger partial charge on any atom is -0.303 e. The third kappa shape index (κ3) is 2.01. The van der Waals surface area contributed by atoms with E-state index in [2.05, 4.69) is 25.1 Å². The molecule has 0 radical (unpaired) electrons. The predicted molar refractivity (Wildman–Crippen MR) is 59.9 cm³/mol. The maximum absolute atomic E-state index is 10.3. The lowest BCUT2D eigenvalue weighted by atomic mass is 10.0. The van der Waals surface area contributed by atoms with Crippen molar-refractivity contribution in [2.45, 2.75) is 36.3 Å². The molecule has 1 unspecified atom stereocenters. The van der Waals surface area contributed by atoms with Crippen LogP contribution in [0.3, 0.4) is 0 Å². The summed E-state index contributed by atoms with van der Waals surface area (Å²) >= 11 is 1.95. The fourth-order valence-corrected chi connectivity index (χ4v) is 2.99. The molecule has 1 atom stereocenters. The van der Waals surface area contributed by atoms with Crippen LogP contribution in [0, 0.1) is 0 Å². The molecule has 0 N–H and O–H groups in total. The Kier molecular flexibility index (Phi) is 2.92. The summed E-state index contributed by atoms with van der Waals surface area (Å²) in [5, 5.41) is 0.714. The van der Waals surface area contributed by atoms with Crippen molar-refractivity contribution < 1.29 is 4.79 Å². The first kappa shape index (κ1) is 9.78. The number of hydrogen-bond donors (Lipinski definition) is 0. The van der Waals surface area contributed by atoms with Crippen molar-refractivity contribution in [1.29, 1.82) is 0 Å². The molecule has 2 rings (SSSR count). The average Bonchev–Trinajstić information content (AvgIpc) is 2.54. The molecule has 1 aliphatic heterocycles. The lowest BCUT2D eigenvalue weighted by Crippen LogP contribution is -1.92. The largest absolute Gasteiger partial charge is 0.303 e. The lowest BCUT2D eigenvalue weighted by Gasteiger charge is -2.01. The van der Waals surface area contributed by atoms with Crippen LogP contribution in [0.25, 0.3) is 0 Å². The number of thioether (sulfide) groups is 1. The Morgan fingerprint density at radius 1 is 1.57 bits per heavy atom. The summed E-state index contributed by atoms with van der Waals surface area (Å²) in [6, 6.07) is 6.60. The zero-order valence-electron chi connectivity index (χ0n) is 8.32. The summed E-state index contributed by atoms with van der Waals surface area (Å²) < 4.78 is 0. The molecule has 0 amide bonds. The maximum Gasteiger partial charge on any atom is 0.120 e. The number of fused-ring (bicyclic) bond motifs is 1. The van der Waals surface area contributed by atoms with E-state index in [0.29, 0.717) is 11.7 Å². The highest BCUT2D eigenvalue weighted by molar-refractivity contribution is 8.00. The molecule has 2 heteroatoms. The first-order valence-corrected chi connectivity index (χ1v) is 5.89. The first-order valence-electron chi connectivity index (χ1n) is 5.01. The normalized spacial score (nSPS) is 19.4. The zero-order chi connectivity index (χ0) is 9.97. The maximum atomic E-state index is 10.3. The number of rotatable bonds is 3. The molecule has 0 bridgehead atoms. The monoisotopic (exact) mass is 206 g/mol. The zero-order valence-corrected chi connectivity index (χ0v) is 9.14. The van der Waals surface area contributed by atoms with E-state index in [0.717, 1.165) is 12.7 Å². The average molecular weight is 206 g/mol. The molecule has 0 aliphatic carbocycles. The number of benzene rings is 1. The Morgan fingerprint density at radius 2 is 2.43 bits per heavy atom. The highest BCUT2D eigenvalue weighted by Crippen LogP contribution is 2.37. The Morgan fingerprint density at radius 3 is 3.21 bits per heavy atom. The topological polar surface area (TPSA) is 17.1 Å². The number of carbonyl (C=O) groups excluding carboxylic acids is 1. The highest BCUT2D eigenvalue weighted by atomic mass is 32.2. The smallest absolute Gasteiger partial charge is 0.120 e. The molecular formula is C12H14OS. The summed E-state index contributed by atoms with van der Waals surface area (Å²) in [5.41, 5.74) is 2.76. The van der Waals surface area contributed by atoms with Gasteiger partial charge in [-0.05, 0) is 30.0 Å². The van der Waals surface area contributed by atoms with Gasteiger partial charge in [0.15, 0.2) is 0 Å². The van der Waals surface area contributed by atoms with Crippen LogP contribution in [0.1, 0.15) is 24.5 Å². The summed E-state index contributed by atoms with van der Waals surface area (Å²) in [5.74, 6) is 0. The van der Waals surface area contributed by atoms with E-state index in [-0.39, 0.29) is 0 Å². The molecule has 1 aromatic rings. The van der Waals surface area contributed by atoms with Crippen molar-refractivity contribution in [2.75, 3.05) is 0 Å². The summed E-state index contributed by atoms with van der Waals surface area (Å²) in [4.78, 5) is 11.7. The van der Waals surface area contributed by atoms with Crippen molar-refractivity contribution in [2.24, 2.45) is 0 Å². The Balaban J connectivity index is 2.15. The third-order valence-corrected chi connectivity index (χ3v) is 3.73. The van der Waals surface area contributed by atoms with Gasteiger partial charge in [0.1, 0.15) is 6.29 Å². The quantitative estimate of drug-likeness (QED) is 0.707. The molecule has 74 valence electrons. The first-order chi connectivity index (χ1) is 6.79. The molecule has 14 heavy (non-hydrogen) atoms. The molecule has 0 fully saturated rings. The second-order valence-electron chi connectivity index (χ2n) is 3.78. The number of aryl methyl sites for hydroxylation is 1. The van der Waals surface area contributed by atoms with Gasteiger partial charge in [0.05, 0.1) is 0 Å². The van der Waals surface area contributed by atoms with Gasteiger partial charge in [0.25, 0.3) is 0 Å². The van der Waals surface area contributed by atoms with E-state index in [1.165, 1.54) is 22.4 Å². The van der Waals surface area contributed by atoms with Gasteiger partial charge in [-0.2, -0.15) is 0 Å². The van der Waals surface area contributed by atoms with Gasteiger partial charge in [0.2, 0.25) is 0 Å². The van der Waals surface area contributed by atoms with E-state index in [1.807, 2.05) is 11.8 Å². The third-order valence-electron chi connectivity index (χ3n) is 2.51. The van der Waals surface area contributed by atoms with E-state index in [4.69, 9.17) is 0 Å². The van der Waals surface area contributed by atoms with Crippen molar-refractivity contribution in [3.63, 3.8) is 0 Å². The van der Waals surface area contributed by atoms with Gasteiger partial charge >= 0.3 is 0 Å². The Hall–Kier alpha value is -0.760. The number of carbonyl (C=O) groups is 1. The molecule has 0 saturated heterocycles. The standard InChI is InChI=1S/C12H14OS/c1-9-7-11-8-10(3-2-6-13)4-5-12(11)14-9/h4-6,8-9H,2-3,7H2,1H3. The van der Waals surface area contributed by atoms with Gasteiger partial charge in [-0.3, -0.25) is 0 Å². The Labute approximate surface area is 88.9 Å². The van der Waals surface area contributed by atoms with E-state index >= 15 is 0 Å². The van der Waals surface area contributed by atoms with Crippen LogP contribution in [-0.4, -0.2) is 11.5 Å². The minimum atomic E-state index is 0.640. The van der Waals surface area contributed by atoms with Crippen LogP contribution in [0.2, 0.25) is 0 Å². The van der Waals surface area contributed by atoms with Crippen LogP contribution in [0.15, 0.2) is 23.1 Å². The van der Waals surface area contributed by atoms with Crippen molar-refractivity contribution in [1.82, 2.24) is 0 Å². The van der Waals surface area contributed by atoms with Crippen LogP contribution in [0.4, 0.5) is 0 Å². The molecule has 0 saturated carbocycles. The molecule has 1 heterocycles. The van der Waals surface area contributed by atoms with Crippen molar-refractivity contribution >= 4 is 18.0 Å². The lowest BCUT2D eigenvalue weighted by molar-refractivity contribution is -0.107. The van der Waals surface area contributed by atoms with Crippen LogP contribution < -0.4 is 0 Å². The van der Waals surface area contributed by atoms with E-state index < -0.39 is 0 Å². The molecule has 0 spiro atoms. The molecule has 1 aliphatic rings. The van der Waals surface area contributed by atoms with Gasteiger partial charge in [-0.1, -0.05) is 19.1 Å². The van der Waals surface area contributed by atoms with E-state index in [9.17, 15) is 4.79 Å². The second kappa shape index (κ2) is 4.18. The highest BCUT2D eigenvalue weighted by Gasteiger charge is 2.17. The number of aldehydes is 1. The fourth-order valence-electron chi connectivity index (χ4n) is 1.86. The second-order valence-corrected chi connectivity index (χ2v) is 5.26. The predicted octanol–water partition coefficient (Wildman–Crippen LogP) is 2.85. The van der Waals surface area contributed by atoms with Crippen molar-refractivity contribution in [3.05, 3.63) is 29.3 Å². The van der Waals surface area contributed by atoms with Gasteiger partial charge < -0.3 is 4.79 Å². The van der Waals surface area contributed by atoms with Crippen LogP contribution in [-0.2, 0) is 17.6 Å².